The molecular formula is C39H48Cl2N6O4. The van der Waals surface area contributed by atoms with Gasteiger partial charge in [0.15, 0.2) is 18.1 Å². The van der Waals surface area contributed by atoms with Gasteiger partial charge in [-0.3, -0.25) is 19.4 Å². The van der Waals surface area contributed by atoms with E-state index in [1.54, 1.807) is 23.0 Å². The normalized spacial score (nSPS) is 11.1. The van der Waals surface area contributed by atoms with E-state index in [-0.39, 0.29) is 12.4 Å². The first kappa shape index (κ1) is 39.8. The maximum atomic E-state index is 11.9. The van der Waals surface area contributed by atoms with Gasteiger partial charge >= 0.3 is 5.97 Å². The molecule has 0 aliphatic carbocycles. The molecule has 0 aliphatic rings. The van der Waals surface area contributed by atoms with Crippen molar-refractivity contribution in [2.75, 3.05) is 26.4 Å². The lowest BCUT2D eigenvalue weighted by molar-refractivity contribution is -0.697. The molecule has 0 fully saturated rings. The van der Waals surface area contributed by atoms with Gasteiger partial charge in [0, 0.05) is 81.9 Å². The summed E-state index contributed by atoms with van der Waals surface area (Å²) in [6.07, 6.45) is 22.3. The Morgan fingerprint density at radius 3 is 2.37 bits per heavy atom. The van der Waals surface area contributed by atoms with Crippen LogP contribution in [-0.4, -0.2) is 57.4 Å². The highest BCUT2D eigenvalue weighted by Crippen LogP contribution is 2.39. The summed E-state index contributed by atoms with van der Waals surface area (Å²) in [4.78, 5) is 20.4. The standard InChI is InChI=1S/C39H48ClN6O4.ClH/c1-31(47)50-39-35(27-36(40)34-17-9-19-42-38(34)39)37-30-46(44-43-37)22-5-7-24-49-26-12-16-33-14-10-21-45(29-33)20-4-2-3-6-23-48-25-11-15-32-13-8-18-41-28-32;/h8-10,13-14,17-19,21,27-30H,2-7,11-12,15-16,20,22-26H2,1H3;1H/q+1;/p-1. The van der Waals surface area contributed by atoms with Crippen molar-refractivity contribution in [3.63, 3.8) is 0 Å². The SMILES string of the molecule is CC(=O)Oc1c(-c2cn(CCCCOCCCc3ccc[n+](CCCCCCOCCCc4cccnc4)c3)nn2)cc(Cl)c2cccnc12.[Cl-]. The molecule has 12 heteroatoms. The Morgan fingerprint density at radius 2 is 1.59 bits per heavy atom. The van der Waals surface area contributed by atoms with Crippen molar-refractivity contribution in [3.05, 3.63) is 95.8 Å². The number of carbonyl (C=O) groups is 1. The fourth-order valence-corrected chi connectivity index (χ4v) is 6.11. The molecule has 0 amide bonds. The zero-order valence-electron chi connectivity index (χ0n) is 29.4. The van der Waals surface area contributed by atoms with Crippen molar-refractivity contribution >= 4 is 28.5 Å². The first-order valence-electron chi connectivity index (χ1n) is 17.8. The molecule has 0 unspecified atom stereocenters. The molecule has 0 radical (unpaired) electrons. The third kappa shape index (κ3) is 13.3. The Hall–Kier alpha value is -3.96. The first-order chi connectivity index (χ1) is 24.6. The summed E-state index contributed by atoms with van der Waals surface area (Å²) in [5, 5.41) is 9.81. The molecule has 0 spiro atoms. The highest BCUT2D eigenvalue weighted by atomic mass is 35.5. The van der Waals surface area contributed by atoms with E-state index < -0.39 is 5.97 Å². The number of hydrogen-bond acceptors (Lipinski definition) is 8. The maximum absolute atomic E-state index is 11.9. The molecule has 5 rings (SSSR count). The molecule has 0 aliphatic heterocycles. The molecule has 5 aromatic rings. The molecule has 272 valence electrons. The van der Waals surface area contributed by atoms with E-state index in [1.165, 1.54) is 37.3 Å². The van der Waals surface area contributed by atoms with Crippen LogP contribution in [0.3, 0.4) is 0 Å². The van der Waals surface area contributed by atoms with Gasteiger partial charge in [-0.2, -0.15) is 0 Å². The highest BCUT2D eigenvalue weighted by molar-refractivity contribution is 6.36. The monoisotopic (exact) mass is 734 g/mol. The van der Waals surface area contributed by atoms with Gasteiger partial charge in [0.2, 0.25) is 0 Å². The van der Waals surface area contributed by atoms with Crippen LogP contribution in [-0.2, 0) is 40.2 Å². The minimum Gasteiger partial charge on any atom is -1.00 e. The summed E-state index contributed by atoms with van der Waals surface area (Å²) in [7, 11) is 0. The number of esters is 1. The van der Waals surface area contributed by atoms with Gasteiger partial charge < -0.3 is 26.6 Å². The van der Waals surface area contributed by atoms with E-state index in [2.05, 4.69) is 55.4 Å². The summed E-state index contributed by atoms with van der Waals surface area (Å²) in [6, 6.07) is 13.8. The minimum absolute atomic E-state index is 0. The number of aryl methyl sites for hydroxylation is 4. The van der Waals surface area contributed by atoms with Crippen molar-refractivity contribution in [2.24, 2.45) is 0 Å². The fourth-order valence-electron chi connectivity index (χ4n) is 5.84. The second kappa shape index (κ2) is 22.1. The fraction of sp³-hybridized carbons (Fsp3) is 0.436. The Labute approximate surface area is 311 Å². The van der Waals surface area contributed by atoms with Crippen molar-refractivity contribution in [1.29, 1.82) is 0 Å². The zero-order chi connectivity index (χ0) is 34.8. The number of ether oxygens (including phenoxy) is 3. The van der Waals surface area contributed by atoms with E-state index >= 15 is 0 Å². The van der Waals surface area contributed by atoms with Crippen molar-refractivity contribution in [3.8, 4) is 17.0 Å². The van der Waals surface area contributed by atoms with Crippen LogP contribution >= 0.6 is 11.6 Å². The Bertz CT molecular complexity index is 1770. The van der Waals surface area contributed by atoms with Gasteiger partial charge in [0.1, 0.15) is 17.8 Å². The smallest absolute Gasteiger partial charge is 0.308 e. The van der Waals surface area contributed by atoms with E-state index in [0.717, 1.165) is 71.3 Å². The van der Waals surface area contributed by atoms with E-state index in [9.17, 15) is 4.79 Å². The molecule has 0 saturated heterocycles. The summed E-state index contributed by atoms with van der Waals surface area (Å²) in [5.74, 6) is -0.108. The summed E-state index contributed by atoms with van der Waals surface area (Å²) < 4.78 is 21.4. The molecule has 4 aromatic heterocycles. The van der Waals surface area contributed by atoms with Crippen LogP contribution in [0.1, 0.15) is 69.4 Å². The van der Waals surface area contributed by atoms with Gasteiger partial charge in [0.05, 0.1) is 16.8 Å². The number of benzene rings is 1. The van der Waals surface area contributed by atoms with E-state index in [0.29, 0.717) is 46.1 Å². The summed E-state index contributed by atoms with van der Waals surface area (Å²) >= 11 is 6.53. The van der Waals surface area contributed by atoms with Crippen LogP contribution in [0.4, 0.5) is 0 Å². The van der Waals surface area contributed by atoms with Crippen LogP contribution in [0.2, 0.25) is 5.02 Å². The Balaban J connectivity index is 0.00000583. The van der Waals surface area contributed by atoms with Crippen molar-refractivity contribution in [1.82, 2.24) is 25.0 Å². The molecule has 10 nitrogen and oxygen atoms in total. The predicted octanol–water partition coefficient (Wildman–Crippen LogP) is 4.40. The van der Waals surface area contributed by atoms with Crippen LogP contribution in [0.15, 0.2) is 79.6 Å². The number of aromatic nitrogens is 6. The number of carbonyl (C=O) groups excluding carboxylic acids is 1. The Morgan fingerprint density at radius 1 is 0.863 bits per heavy atom. The molecule has 51 heavy (non-hydrogen) atoms. The van der Waals surface area contributed by atoms with Gasteiger partial charge in [-0.05, 0) is 87.3 Å². The van der Waals surface area contributed by atoms with Crippen LogP contribution in [0.25, 0.3) is 22.2 Å². The van der Waals surface area contributed by atoms with Gasteiger partial charge in [-0.25, -0.2) is 4.57 Å². The molecule has 0 N–H and O–H groups in total. The largest absolute Gasteiger partial charge is 1.00 e. The van der Waals surface area contributed by atoms with E-state index in [1.807, 2.05) is 30.7 Å². The topological polar surface area (TPSA) is 105 Å². The Kier molecular flexibility index (Phi) is 17.2. The van der Waals surface area contributed by atoms with Crippen molar-refractivity contribution in [2.45, 2.75) is 84.2 Å². The summed E-state index contributed by atoms with van der Waals surface area (Å²) in [5.41, 5.74) is 4.28. The number of halogens is 2. The highest BCUT2D eigenvalue weighted by Gasteiger charge is 2.19. The van der Waals surface area contributed by atoms with Crippen LogP contribution in [0.5, 0.6) is 5.75 Å². The first-order valence-corrected chi connectivity index (χ1v) is 18.1. The second-order valence-electron chi connectivity index (χ2n) is 12.5. The van der Waals surface area contributed by atoms with Gasteiger partial charge in [-0.1, -0.05) is 29.3 Å². The lowest BCUT2D eigenvalue weighted by Crippen LogP contribution is -3.00. The molecule has 1 aromatic carbocycles. The lowest BCUT2D eigenvalue weighted by atomic mass is 10.1. The predicted molar refractivity (Wildman–Crippen MR) is 194 cm³/mol. The molecule has 0 saturated carbocycles. The van der Waals surface area contributed by atoms with Crippen LogP contribution in [0, 0.1) is 0 Å². The molecular weight excluding hydrogens is 687 g/mol. The van der Waals surface area contributed by atoms with Gasteiger partial charge in [-0.15, -0.1) is 5.10 Å². The average molecular weight is 736 g/mol. The van der Waals surface area contributed by atoms with Gasteiger partial charge in [0.25, 0.3) is 0 Å². The zero-order valence-corrected chi connectivity index (χ0v) is 30.9. The number of hydrogen-bond donors (Lipinski definition) is 0. The number of unbranched alkanes of at least 4 members (excludes halogenated alkanes) is 4. The molecule has 0 bridgehead atoms. The van der Waals surface area contributed by atoms with Crippen molar-refractivity contribution < 1.29 is 36.0 Å². The third-order valence-corrected chi connectivity index (χ3v) is 8.70. The minimum atomic E-state index is -0.441. The number of rotatable bonds is 22. The average Bonchev–Trinajstić information content (AvgIpc) is 3.60. The third-order valence-electron chi connectivity index (χ3n) is 8.39. The molecule has 4 heterocycles. The molecule has 0 atom stereocenters. The lowest BCUT2D eigenvalue weighted by Gasteiger charge is -2.11. The summed E-state index contributed by atoms with van der Waals surface area (Å²) in [6.45, 7) is 6.22. The maximum Gasteiger partial charge on any atom is 0.308 e. The number of pyridine rings is 3. The van der Waals surface area contributed by atoms with Crippen LogP contribution < -0.4 is 21.7 Å². The second-order valence-corrected chi connectivity index (χ2v) is 12.9. The number of fused-ring (bicyclic) bond motifs is 1. The number of nitrogens with zero attached hydrogens (tertiary/aromatic N) is 6. The quantitative estimate of drug-likeness (QED) is 0.0447. The van der Waals surface area contributed by atoms with E-state index in [4.69, 9.17) is 25.8 Å².